The predicted octanol–water partition coefficient (Wildman–Crippen LogP) is 3.92. The third kappa shape index (κ3) is 5.96. The minimum Gasteiger partial charge on any atom is -0.508 e. The van der Waals surface area contributed by atoms with Gasteiger partial charge in [0.05, 0.1) is 31.2 Å². The molecule has 0 unspecified atom stereocenters. The fourth-order valence-corrected chi connectivity index (χ4v) is 6.10. The highest BCUT2D eigenvalue weighted by Gasteiger charge is 2.56. The number of allylic oxidation sites excluding steroid dienone is 1. The lowest BCUT2D eigenvalue weighted by molar-refractivity contribution is -0.141. The SMILES string of the molecule is CC/C(=C\c1ccc(O)cc1)CC[C@H]1OC[C@H]2C1=C(CO)C[C@H]1C(=O)N(CCCCCC(=O)O)C(=O)[C@H]12. The van der Waals surface area contributed by atoms with Crippen LogP contribution in [0.15, 0.2) is 41.0 Å². The largest absolute Gasteiger partial charge is 0.508 e. The predicted molar refractivity (Wildman–Crippen MR) is 137 cm³/mol. The number of nitrogens with zero attached hydrogens (tertiary/aromatic N) is 1. The highest BCUT2D eigenvalue weighted by Crippen LogP contribution is 2.49. The summed E-state index contributed by atoms with van der Waals surface area (Å²) in [4.78, 5) is 38.6. The number of phenolic OH excluding ortho intramolecular Hbond substituents is 1. The lowest BCUT2D eigenvalue weighted by Crippen LogP contribution is -2.35. The zero-order chi connectivity index (χ0) is 26.5. The minimum atomic E-state index is -0.841. The van der Waals surface area contributed by atoms with Crippen LogP contribution in [0.2, 0.25) is 0 Å². The van der Waals surface area contributed by atoms with E-state index in [2.05, 4.69) is 13.0 Å². The maximum atomic E-state index is 13.3. The summed E-state index contributed by atoms with van der Waals surface area (Å²) < 4.78 is 6.19. The van der Waals surface area contributed by atoms with Gasteiger partial charge in [0, 0.05) is 18.9 Å². The number of benzene rings is 1. The Balaban J connectivity index is 1.42. The van der Waals surface area contributed by atoms with Crippen LogP contribution in [-0.2, 0) is 19.1 Å². The Hall–Kier alpha value is -2.97. The summed E-state index contributed by atoms with van der Waals surface area (Å²) in [5.74, 6) is -2.02. The van der Waals surface area contributed by atoms with Gasteiger partial charge < -0.3 is 20.1 Å². The third-order valence-electron chi connectivity index (χ3n) is 8.01. The molecule has 2 fully saturated rings. The van der Waals surface area contributed by atoms with Crippen LogP contribution in [0.4, 0.5) is 0 Å². The van der Waals surface area contributed by atoms with E-state index in [0.29, 0.717) is 38.8 Å². The topological polar surface area (TPSA) is 124 Å². The van der Waals surface area contributed by atoms with Gasteiger partial charge in [-0.2, -0.15) is 0 Å². The number of carbonyl (C=O) groups is 3. The summed E-state index contributed by atoms with van der Waals surface area (Å²) in [7, 11) is 0. The molecule has 3 N–H and O–H groups in total. The molecule has 0 radical (unpaired) electrons. The van der Waals surface area contributed by atoms with Gasteiger partial charge in [-0.15, -0.1) is 0 Å². The monoisotopic (exact) mass is 511 g/mol. The molecule has 2 heterocycles. The lowest BCUT2D eigenvalue weighted by atomic mass is 9.69. The molecule has 3 aliphatic rings. The van der Waals surface area contributed by atoms with E-state index in [4.69, 9.17) is 9.84 Å². The number of aliphatic carboxylic acids is 1. The number of hydrogen-bond donors (Lipinski definition) is 3. The van der Waals surface area contributed by atoms with Gasteiger partial charge in [-0.1, -0.05) is 37.1 Å². The van der Waals surface area contributed by atoms with Gasteiger partial charge in [0.15, 0.2) is 0 Å². The van der Waals surface area contributed by atoms with Crippen LogP contribution in [-0.4, -0.2) is 63.9 Å². The van der Waals surface area contributed by atoms with Crippen LogP contribution in [0.3, 0.4) is 0 Å². The highest BCUT2D eigenvalue weighted by molar-refractivity contribution is 6.06. The summed E-state index contributed by atoms with van der Waals surface area (Å²) in [5.41, 5.74) is 4.11. The number of rotatable bonds is 12. The molecule has 1 aromatic carbocycles. The molecule has 8 nitrogen and oxygen atoms in total. The number of carbonyl (C=O) groups excluding carboxylic acids is 2. The average Bonchev–Trinajstić information content (AvgIpc) is 3.41. The van der Waals surface area contributed by atoms with Crippen molar-refractivity contribution in [1.82, 2.24) is 4.90 Å². The Labute approximate surface area is 217 Å². The van der Waals surface area contributed by atoms with Crippen LogP contribution in [0.5, 0.6) is 5.75 Å². The van der Waals surface area contributed by atoms with Gasteiger partial charge in [0.2, 0.25) is 11.8 Å². The van der Waals surface area contributed by atoms with Crippen LogP contribution in [0.1, 0.15) is 63.9 Å². The molecule has 4 atom stereocenters. The number of hydrogen-bond acceptors (Lipinski definition) is 6. The number of likely N-dealkylation sites (tertiary alicyclic amines) is 1. The van der Waals surface area contributed by atoms with Crippen LogP contribution < -0.4 is 0 Å². The first kappa shape index (κ1) is 27.1. The number of phenols is 1. The number of amides is 2. The number of ether oxygens (including phenoxy) is 1. The fraction of sp³-hybridized carbons (Fsp3) is 0.552. The minimum absolute atomic E-state index is 0.0883. The number of aromatic hydroxyl groups is 1. The summed E-state index contributed by atoms with van der Waals surface area (Å²) in [6, 6.07) is 7.09. The van der Waals surface area contributed by atoms with Crippen molar-refractivity contribution < 1.29 is 34.4 Å². The van der Waals surface area contributed by atoms with Gasteiger partial charge in [0.25, 0.3) is 0 Å². The molecule has 4 rings (SSSR count). The van der Waals surface area contributed by atoms with Gasteiger partial charge in [-0.3, -0.25) is 19.3 Å². The molecule has 0 bridgehead atoms. The Morgan fingerprint density at radius 3 is 2.51 bits per heavy atom. The molecule has 2 aliphatic heterocycles. The first-order chi connectivity index (χ1) is 17.8. The second-order valence-electron chi connectivity index (χ2n) is 10.3. The number of carboxylic acid groups (broad SMARTS) is 1. The van der Waals surface area contributed by atoms with Gasteiger partial charge in [0.1, 0.15) is 5.75 Å². The van der Waals surface area contributed by atoms with Crippen molar-refractivity contribution in [2.75, 3.05) is 19.8 Å². The van der Waals surface area contributed by atoms with E-state index in [0.717, 1.165) is 36.0 Å². The number of fused-ring (bicyclic) bond motifs is 3. The summed E-state index contributed by atoms with van der Waals surface area (Å²) in [5, 5.41) is 28.5. The van der Waals surface area contributed by atoms with E-state index in [9.17, 15) is 24.6 Å². The molecule has 37 heavy (non-hydrogen) atoms. The van der Waals surface area contributed by atoms with Gasteiger partial charge in [-0.05, 0) is 67.4 Å². The summed E-state index contributed by atoms with van der Waals surface area (Å²) in [6.07, 6.45) is 6.60. The van der Waals surface area contributed by atoms with Crippen LogP contribution in [0.25, 0.3) is 6.08 Å². The number of aliphatic hydroxyl groups is 1. The molecular formula is C29H37NO7. The fourth-order valence-electron chi connectivity index (χ4n) is 6.10. The quantitative estimate of drug-likeness (QED) is 0.221. The lowest BCUT2D eigenvalue weighted by Gasteiger charge is -2.31. The Morgan fingerprint density at radius 1 is 1.08 bits per heavy atom. The standard InChI is InChI=1S/C29H37NO7/c1-2-18(14-19-7-10-21(32)11-8-19)9-12-24-26-20(16-31)15-22-27(23(26)17-37-24)29(36)30(28(22)35)13-5-3-4-6-25(33)34/h7-8,10-11,14,22-24,27,31-32H,2-6,9,12-13,15-17H2,1H3,(H,33,34)/b18-14+/t22-,23+,24-,27-/m1/s1. The maximum Gasteiger partial charge on any atom is 0.303 e. The average molecular weight is 512 g/mol. The third-order valence-corrected chi connectivity index (χ3v) is 8.01. The molecule has 8 heteroatoms. The van der Waals surface area contributed by atoms with Crippen molar-refractivity contribution in [3.63, 3.8) is 0 Å². The van der Waals surface area contributed by atoms with Crippen molar-refractivity contribution in [2.45, 2.75) is 64.4 Å². The Bertz CT molecular complexity index is 1070. The Kier molecular flexibility index (Phi) is 8.82. The number of imide groups is 1. The highest BCUT2D eigenvalue weighted by atomic mass is 16.5. The van der Waals surface area contributed by atoms with Crippen molar-refractivity contribution in [3.8, 4) is 5.75 Å². The first-order valence-electron chi connectivity index (χ1n) is 13.3. The van der Waals surface area contributed by atoms with E-state index < -0.39 is 17.8 Å². The van der Waals surface area contributed by atoms with Gasteiger partial charge in [-0.25, -0.2) is 0 Å². The van der Waals surface area contributed by atoms with E-state index >= 15 is 0 Å². The zero-order valence-corrected chi connectivity index (χ0v) is 21.4. The zero-order valence-electron chi connectivity index (χ0n) is 21.4. The molecule has 0 spiro atoms. The van der Waals surface area contributed by atoms with E-state index in [-0.39, 0.29) is 42.6 Å². The molecular weight excluding hydrogens is 474 g/mol. The van der Waals surface area contributed by atoms with E-state index in [1.165, 1.54) is 10.5 Å². The Morgan fingerprint density at radius 2 is 1.84 bits per heavy atom. The smallest absolute Gasteiger partial charge is 0.303 e. The number of carboxylic acids is 1. The normalized spacial score (nSPS) is 25.6. The molecule has 1 aromatic rings. The number of unbranched alkanes of at least 4 members (excludes halogenated alkanes) is 2. The van der Waals surface area contributed by atoms with Gasteiger partial charge >= 0.3 is 5.97 Å². The molecule has 200 valence electrons. The van der Waals surface area contributed by atoms with Crippen molar-refractivity contribution in [3.05, 3.63) is 46.5 Å². The van der Waals surface area contributed by atoms with E-state index in [1.807, 2.05) is 12.1 Å². The maximum absolute atomic E-state index is 13.3. The molecule has 0 aromatic heterocycles. The molecule has 1 aliphatic carbocycles. The summed E-state index contributed by atoms with van der Waals surface area (Å²) >= 11 is 0. The van der Waals surface area contributed by atoms with E-state index in [1.54, 1.807) is 12.1 Å². The van der Waals surface area contributed by atoms with Crippen molar-refractivity contribution >= 4 is 23.9 Å². The van der Waals surface area contributed by atoms with Crippen LogP contribution >= 0.6 is 0 Å². The molecule has 2 amide bonds. The van der Waals surface area contributed by atoms with Crippen LogP contribution in [0, 0.1) is 17.8 Å². The summed E-state index contributed by atoms with van der Waals surface area (Å²) in [6.45, 7) is 2.65. The second-order valence-corrected chi connectivity index (χ2v) is 10.3. The second kappa shape index (κ2) is 12.0. The molecule has 0 saturated carbocycles. The number of aliphatic hydroxyl groups excluding tert-OH is 1. The van der Waals surface area contributed by atoms with Crippen molar-refractivity contribution in [2.24, 2.45) is 17.8 Å². The molecule has 2 saturated heterocycles. The first-order valence-corrected chi connectivity index (χ1v) is 13.3. The van der Waals surface area contributed by atoms with Crippen molar-refractivity contribution in [1.29, 1.82) is 0 Å².